The van der Waals surface area contributed by atoms with Gasteiger partial charge < -0.3 is 9.16 Å². The topological polar surface area (TPSA) is 18.5 Å². The van der Waals surface area contributed by atoms with Crippen LogP contribution in [0.15, 0.2) is 11.5 Å². The zero-order valence-electron chi connectivity index (χ0n) is 10.4. The van der Waals surface area contributed by atoms with Crippen LogP contribution in [0.3, 0.4) is 0 Å². The van der Waals surface area contributed by atoms with E-state index in [4.69, 9.17) is 9.16 Å². The summed E-state index contributed by atoms with van der Waals surface area (Å²) in [6.07, 6.45) is 3.23. The van der Waals surface area contributed by atoms with Gasteiger partial charge in [0.05, 0.1) is 7.11 Å². The highest BCUT2D eigenvalue weighted by atomic mass is 28.4. The molecule has 0 aromatic carbocycles. The van der Waals surface area contributed by atoms with Crippen molar-refractivity contribution in [3.8, 4) is 0 Å². The van der Waals surface area contributed by atoms with Gasteiger partial charge >= 0.3 is 0 Å². The summed E-state index contributed by atoms with van der Waals surface area (Å²) in [6.45, 7) is 10.8. The van der Waals surface area contributed by atoms with Crippen molar-refractivity contribution < 1.29 is 9.16 Å². The van der Waals surface area contributed by atoms with E-state index in [0.717, 1.165) is 25.2 Å². The predicted molar refractivity (Wildman–Crippen MR) is 63.7 cm³/mol. The molecular formula is C11H24O2Si. The number of hydrogen-bond acceptors (Lipinski definition) is 2. The fourth-order valence-electron chi connectivity index (χ4n) is 1.26. The van der Waals surface area contributed by atoms with Gasteiger partial charge in [0.15, 0.2) is 0 Å². The highest BCUT2D eigenvalue weighted by Gasteiger charge is 2.20. The Hall–Kier alpha value is -0.443. The second-order valence-electron chi connectivity index (χ2n) is 4.41. The first-order valence-corrected chi connectivity index (χ1v) is 8.80. The van der Waals surface area contributed by atoms with Gasteiger partial charge in [-0.1, -0.05) is 20.3 Å². The molecule has 0 saturated carbocycles. The highest BCUT2D eigenvalue weighted by Crippen LogP contribution is 2.20. The van der Waals surface area contributed by atoms with Crippen LogP contribution in [0.2, 0.25) is 19.6 Å². The second kappa shape index (κ2) is 6.12. The van der Waals surface area contributed by atoms with Gasteiger partial charge in [-0.25, -0.2) is 0 Å². The van der Waals surface area contributed by atoms with Gasteiger partial charge in [0.25, 0.3) is 5.95 Å². The average Bonchev–Trinajstić information content (AvgIpc) is 2.09. The lowest BCUT2D eigenvalue weighted by Gasteiger charge is -2.22. The smallest absolute Gasteiger partial charge is 0.264 e. The normalized spacial score (nSPS) is 13.6. The zero-order valence-corrected chi connectivity index (χ0v) is 11.4. The standard InChI is InChI=1S/C11H24O2Si/c1-7-9-10(8-2)11(12-3)13-14(4,5)6/h7-9H2,1-6H3/b11-10-. The quantitative estimate of drug-likeness (QED) is 0.495. The minimum atomic E-state index is -1.53. The van der Waals surface area contributed by atoms with E-state index in [1.54, 1.807) is 7.11 Å². The van der Waals surface area contributed by atoms with E-state index >= 15 is 0 Å². The van der Waals surface area contributed by atoms with Gasteiger partial charge in [-0.2, -0.15) is 0 Å². The summed E-state index contributed by atoms with van der Waals surface area (Å²) < 4.78 is 11.2. The van der Waals surface area contributed by atoms with Crippen molar-refractivity contribution in [3.05, 3.63) is 11.5 Å². The first kappa shape index (κ1) is 13.6. The summed E-state index contributed by atoms with van der Waals surface area (Å²) in [6, 6.07) is 0. The van der Waals surface area contributed by atoms with E-state index in [0.29, 0.717) is 0 Å². The van der Waals surface area contributed by atoms with Crippen LogP contribution in [0.1, 0.15) is 33.1 Å². The van der Waals surface area contributed by atoms with Crippen molar-refractivity contribution in [1.82, 2.24) is 0 Å². The third-order valence-corrected chi connectivity index (χ3v) is 2.65. The Kier molecular flexibility index (Phi) is 5.92. The van der Waals surface area contributed by atoms with Crippen LogP contribution in [-0.2, 0) is 9.16 Å². The van der Waals surface area contributed by atoms with Crippen LogP contribution in [-0.4, -0.2) is 15.4 Å². The molecule has 14 heavy (non-hydrogen) atoms. The average molecular weight is 216 g/mol. The molecule has 0 rings (SSSR count). The van der Waals surface area contributed by atoms with E-state index in [9.17, 15) is 0 Å². The third kappa shape index (κ3) is 5.32. The lowest BCUT2D eigenvalue weighted by atomic mass is 10.1. The number of allylic oxidation sites excluding steroid dienone is 1. The predicted octanol–water partition coefficient (Wildman–Crippen LogP) is 3.91. The zero-order chi connectivity index (χ0) is 11.2. The van der Waals surface area contributed by atoms with E-state index < -0.39 is 8.32 Å². The van der Waals surface area contributed by atoms with Gasteiger partial charge in [-0.15, -0.1) is 0 Å². The maximum atomic E-state index is 5.89. The first-order valence-electron chi connectivity index (χ1n) is 5.39. The molecule has 0 atom stereocenters. The third-order valence-electron chi connectivity index (χ3n) is 1.85. The summed E-state index contributed by atoms with van der Waals surface area (Å²) in [5.74, 6) is 0.772. The molecule has 84 valence electrons. The molecule has 0 aliphatic carbocycles. The minimum Gasteiger partial charge on any atom is -0.520 e. The number of methoxy groups -OCH3 is 1. The SMILES string of the molecule is CCC/C(CC)=C(/OC)O[Si](C)(C)C. The molecule has 2 nitrogen and oxygen atoms in total. The van der Waals surface area contributed by atoms with Gasteiger partial charge in [-0.3, -0.25) is 0 Å². The summed E-state index contributed by atoms with van der Waals surface area (Å²) in [5, 5.41) is 0. The Bertz CT molecular complexity index is 192. The Morgan fingerprint density at radius 3 is 2.00 bits per heavy atom. The molecule has 0 aromatic heterocycles. The number of hydrogen-bond donors (Lipinski definition) is 0. The maximum Gasteiger partial charge on any atom is 0.264 e. The molecule has 0 radical (unpaired) electrons. The van der Waals surface area contributed by atoms with Crippen molar-refractivity contribution in [1.29, 1.82) is 0 Å². The van der Waals surface area contributed by atoms with Gasteiger partial charge in [-0.05, 0) is 32.5 Å². The first-order chi connectivity index (χ1) is 6.44. The molecule has 0 saturated heterocycles. The van der Waals surface area contributed by atoms with E-state index in [-0.39, 0.29) is 0 Å². The van der Waals surface area contributed by atoms with Crippen molar-refractivity contribution in [2.24, 2.45) is 0 Å². The van der Waals surface area contributed by atoms with Crippen LogP contribution in [0.25, 0.3) is 0 Å². The Balaban J connectivity index is 4.62. The molecule has 0 unspecified atom stereocenters. The van der Waals surface area contributed by atoms with Crippen molar-refractivity contribution in [3.63, 3.8) is 0 Å². The minimum absolute atomic E-state index is 0.772. The second-order valence-corrected chi connectivity index (χ2v) is 8.84. The fourth-order valence-corrected chi connectivity index (χ4v) is 2.05. The fraction of sp³-hybridized carbons (Fsp3) is 0.818. The molecule has 0 aliphatic rings. The lowest BCUT2D eigenvalue weighted by molar-refractivity contribution is 0.139. The number of ether oxygens (including phenoxy) is 1. The van der Waals surface area contributed by atoms with Crippen LogP contribution >= 0.6 is 0 Å². The molecule has 0 fully saturated rings. The van der Waals surface area contributed by atoms with Gasteiger partial charge in [0, 0.05) is 5.57 Å². The Labute approximate surface area is 89.4 Å². The van der Waals surface area contributed by atoms with Crippen molar-refractivity contribution in [2.45, 2.75) is 52.8 Å². The molecule has 0 N–H and O–H groups in total. The number of rotatable bonds is 6. The van der Waals surface area contributed by atoms with E-state index in [1.165, 1.54) is 5.57 Å². The summed E-state index contributed by atoms with van der Waals surface area (Å²) in [7, 11) is 0.163. The molecule has 0 amide bonds. The summed E-state index contributed by atoms with van der Waals surface area (Å²) in [5.41, 5.74) is 1.30. The summed E-state index contributed by atoms with van der Waals surface area (Å²) >= 11 is 0. The summed E-state index contributed by atoms with van der Waals surface area (Å²) in [4.78, 5) is 0. The van der Waals surface area contributed by atoms with Crippen molar-refractivity contribution >= 4 is 8.32 Å². The largest absolute Gasteiger partial charge is 0.520 e. The molecule has 0 bridgehead atoms. The molecule has 0 heterocycles. The Morgan fingerprint density at radius 1 is 1.14 bits per heavy atom. The highest BCUT2D eigenvalue weighted by molar-refractivity contribution is 6.70. The van der Waals surface area contributed by atoms with Crippen molar-refractivity contribution in [2.75, 3.05) is 7.11 Å². The van der Waals surface area contributed by atoms with Crippen LogP contribution in [0, 0.1) is 0 Å². The molecular weight excluding hydrogens is 192 g/mol. The van der Waals surface area contributed by atoms with Gasteiger partial charge in [0.2, 0.25) is 8.32 Å². The van der Waals surface area contributed by atoms with E-state index in [1.807, 2.05) is 0 Å². The van der Waals surface area contributed by atoms with Crippen LogP contribution in [0.5, 0.6) is 0 Å². The van der Waals surface area contributed by atoms with Crippen LogP contribution < -0.4 is 0 Å². The monoisotopic (exact) mass is 216 g/mol. The molecule has 0 aliphatic heterocycles. The lowest BCUT2D eigenvalue weighted by Crippen LogP contribution is -2.26. The molecule has 0 aromatic rings. The molecule has 0 spiro atoms. The van der Waals surface area contributed by atoms with Gasteiger partial charge in [0.1, 0.15) is 0 Å². The van der Waals surface area contributed by atoms with E-state index in [2.05, 4.69) is 33.5 Å². The molecule has 3 heteroatoms. The Morgan fingerprint density at radius 2 is 1.71 bits per heavy atom. The van der Waals surface area contributed by atoms with Crippen LogP contribution in [0.4, 0.5) is 0 Å². The maximum absolute atomic E-state index is 5.89.